The van der Waals surface area contributed by atoms with Crippen molar-refractivity contribution in [2.45, 2.75) is 19.9 Å². The Hall–Kier alpha value is -2.62. The number of carbonyl (C=O) groups excluding carboxylic acids is 2. The lowest BCUT2D eigenvalue weighted by molar-refractivity contribution is 0.0977. The van der Waals surface area contributed by atoms with Gasteiger partial charge in [-0.1, -0.05) is 24.3 Å². The molecule has 0 saturated carbocycles. The number of rotatable bonds is 2. The average Bonchev–Trinajstić information content (AvgIpc) is 2.43. The number of phenolic OH excluding ortho intramolecular Hbond substituents is 1. The molecule has 0 amide bonds. The molecule has 0 heterocycles. The van der Waals surface area contributed by atoms with Crippen molar-refractivity contribution in [2.24, 2.45) is 0 Å². The minimum atomic E-state index is -0.318. The molecule has 0 aliphatic heterocycles. The Morgan fingerprint density at radius 1 is 0.905 bits per heavy atom. The first-order chi connectivity index (χ1) is 10.0. The van der Waals surface area contributed by atoms with E-state index in [0.29, 0.717) is 16.8 Å². The van der Waals surface area contributed by atoms with E-state index in [4.69, 9.17) is 0 Å². The molecule has 0 saturated heterocycles. The van der Waals surface area contributed by atoms with Gasteiger partial charge in [-0.2, -0.15) is 0 Å². The van der Waals surface area contributed by atoms with Gasteiger partial charge in [0.25, 0.3) is 0 Å². The molecule has 2 aromatic rings. The van der Waals surface area contributed by atoms with E-state index in [1.807, 2.05) is 13.8 Å². The molecule has 106 valence electrons. The number of carbonyl (C=O) groups is 2. The van der Waals surface area contributed by atoms with Crippen LogP contribution in [0.15, 0.2) is 36.4 Å². The summed E-state index contributed by atoms with van der Waals surface area (Å²) in [5, 5.41) is 13.1. The fourth-order valence-electron chi connectivity index (χ4n) is 2.66. The third kappa shape index (κ3) is 2.00. The molecule has 0 fully saturated rings. The maximum absolute atomic E-state index is 12.7. The second-order valence-electron chi connectivity index (χ2n) is 5.39. The average molecular weight is 281 g/mol. The quantitative estimate of drug-likeness (QED) is 0.758. The molecule has 1 aliphatic rings. The molecule has 0 spiro atoms. The van der Waals surface area contributed by atoms with E-state index in [9.17, 15) is 14.7 Å². The van der Waals surface area contributed by atoms with E-state index < -0.39 is 0 Å². The second-order valence-corrected chi connectivity index (χ2v) is 5.39. The number of nitrogens with one attached hydrogen (secondary N) is 1. The van der Waals surface area contributed by atoms with Gasteiger partial charge < -0.3 is 10.4 Å². The molecular formula is C17H15NO3. The van der Waals surface area contributed by atoms with Gasteiger partial charge in [0.1, 0.15) is 5.75 Å². The van der Waals surface area contributed by atoms with Crippen LogP contribution >= 0.6 is 0 Å². The third-order valence-corrected chi connectivity index (χ3v) is 3.49. The highest BCUT2D eigenvalue weighted by Crippen LogP contribution is 2.35. The van der Waals surface area contributed by atoms with E-state index in [0.717, 1.165) is 0 Å². The van der Waals surface area contributed by atoms with Crippen molar-refractivity contribution in [3.63, 3.8) is 0 Å². The maximum Gasteiger partial charge on any atom is 0.200 e. The first-order valence-corrected chi connectivity index (χ1v) is 6.81. The first-order valence-electron chi connectivity index (χ1n) is 6.81. The van der Waals surface area contributed by atoms with Gasteiger partial charge >= 0.3 is 0 Å². The fourth-order valence-corrected chi connectivity index (χ4v) is 2.66. The molecule has 21 heavy (non-hydrogen) atoms. The lowest BCUT2D eigenvalue weighted by atomic mass is 9.82. The smallest absolute Gasteiger partial charge is 0.200 e. The maximum atomic E-state index is 12.7. The van der Waals surface area contributed by atoms with E-state index in [-0.39, 0.29) is 34.5 Å². The highest BCUT2D eigenvalue weighted by Gasteiger charge is 2.33. The first kappa shape index (κ1) is 13.4. The van der Waals surface area contributed by atoms with Crippen LogP contribution < -0.4 is 5.32 Å². The van der Waals surface area contributed by atoms with Crippen LogP contribution in [0.1, 0.15) is 45.7 Å². The number of hydrogen-bond acceptors (Lipinski definition) is 4. The standard InChI is InChI=1S/C17H15NO3/c1-9(2)18-12-7-3-5-10-14(12)17(21)15-11(16(10)20)6-4-8-13(15)19/h3-9,18-19H,1-2H3. The van der Waals surface area contributed by atoms with E-state index in [1.54, 1.807) is 30.3 Å². The Morgan fingerprint density at radius 3 is 2.19 bits per heavy atom. The van der Waals surface area contributed by atoms with Gasteiger partial charge in [0, 0.05) is 22.9 Å². The lowest BCUT2D eigenvalue weighted by Gasteiger charge is -2.22. The summed E-state index contributed by atoms with van der Waals surface area (Å²) in [6.45, 7) is 3.92. The third-order valence-electron chi connectivity index (χ3n) is 3.49. The van der Waals surface area contributed by atoms with Gasteiger partial charge in [-0.05, 0) is 26.0 Å². The Labute approximate surface area is 122 Å². The molecule has 2 aromatic carbocycles. The molecule has 0 unspecified atom stereocenters. The van der Waals surface area contributed by atoms with Crippen LogP contribution in [-0.4, -0.2) is 22.7 Å². The minimum absolute atomic E-state index is 0.0907. The number of fused-ring (bicyclic) bond motifs is 2. The molecule has 0 radical (unpaired) electrons. The normalized spacial score (nSPS) is 13.1. The van der Waals surface area contributed by atoms with Crippen LogP contribution in [0.25, 0.3) is 0 Å². The zero-order valence-corrected chi connectivity index (χ0v) is 11.8. The zero-order valence-electron chi connectivity index (χ0n) is 11.8. The van der Waals surface area contributed by atoms with Gasteiger partial charge in [0.2, 0.25) is 0 Å². The topological polar surface area (TPSA) is 66.4 Å². The Morgan fingerprint density at radius 2 is 1.52 bits per heavy atom. The van der Waals surface area contributed by atoms with Crippen LogP contribution in [0, 0.1) is 0 Å². The number of hydrogen-bond donors (Lipinski definition) is 2. The van der Waals surface area contributed by atoms with Crippen LogP contribution in [-0.2, 0) is 0 Å². The Bertz CT molecular complexity index is 763. The van der Waals surface area contributed by atoms with E-state index >= 15 is 0 Å². The molecular weight excluding hydrogens is 266 g/mol. The zero-order chi connectivity index (χ0) is 15.1. The summed E-state index contributed by atoms with van der Waals surface area (Å²) >= 11 is 0. The summed E-state index contributed by atoms with van der Waals surface area (Å²) in [7, 11) is 0. The van der Waals surface area contributed by atoms with E-state index in [1.165, 1.54) is 6.07 Å². The van der Waals surface area contributed by atoms with Gasteiger partial charge in [-0.3, -0.25) is 9.59 Å². The van der Waals surface area contributed by atoms with Crippen molar-refractivity contribution < 1.29 is 14.7 Å². The number of ketones is 2. The van der Waals surface area contributed by atoms with Crippen LogP contribution in [0.5, 0.6) is 5.75 Å². The SMILES string of the molecule is CC(C)Nc1cccc2c1C(=O)c1c(O)cccc1C2=O. The van der Waals surface area contributed by atoms with Crippen LogP contribution in [0.3, 0.4) is 0 Å². The summed E-state index contributed by atoms with van der Waals surface area (Å²) in [4.78, 5) is 25.3. The molecule has 4 nitrogen and oxygen atoms in total. The van der Waals surface area contributed by atoms with Crippen LogP contribution in [0.2, 0.25) is 0 Å². The van der Waals surface area contributed by atoms with Gasteiger partial charge in [0.15, 0.2) is 11.6 Å². The molecule has 2 N–H and O–H groups in total. The summed E-state index contributed by atoms with van der Waals surface area (Å²) in [5.41, 5.74) is 1.69. The summed E-state index contributed by atoms with van der Waals surface area (Å²) < 4.78 is 0. The molecule has 0 bridgehead atoms. The summed E-state index contributed by atoms with van der Waals surface area (Å²) in [6.07, 6.45) is 0. The predicted molar refractivity (Wildman–Crippen MR) is 80.2 cm³/mol. The molecule has 1 aliphatic carbocycles. The van der Waals surface area contributed by atoms with Crippen molar-refractivity contribution in [3.8, 4) is 5.75 Å². The fraction of sp³-hybridized carbons (Fsp3) is 0.176. The minimum Gasteiger partial charge on any atom is -0.507 e. The van der Waals surface area contributed by atoms with Crippen LogP contribution in [0.4, 0.5) is 5.69 Å². The van der Waals surface area contributed by atoms with Crippen molar-refractivity contribution >= 4 is 17.3 Å². The molecule has 4 heteroatoms. The van der Waals surface area contributed by atoms with Gasteiger partial charge in [-0.15, -0.1) is 0 Å². The van der Waals surface area contributed by atoms with Crippen molar-refractivity contribution in [1.82, 2.24) is 0 Å². The van der Waals surface area contributed by atoms with Crippen molar-refractivity contribution in [2.75, 3.05) is 5.32 Å². The largest absolute Gasteiger partial charge is 0.507 e. The number of aromatic hydroxyl groups is 1. The lowest BCUT2D eigenvalue weighted by Crippen LogP contribution is -2.23. The predicted octanol–water partition coefficient (Wildman–Crippen LogP) is 2.99. The molecule has 0 aromatic heterocycles. The van der Waals surface area contributed by atoms with Crippen molar-refractivity contribution in [1.29, 1.82) is 0 Å². The van der Waals surface area contributed by atoms with Gasteiger partial charge in [0.05, 0.1) is 11.1 Å². The number of phenols is 1. The molecule has 3 rings (SSSR count). The highest BCUT2D eigenvalue weighted by atomic mass is 16.3. The number of benzene rings is 2. The van der Waals surface area contributed by atoms with Gasteiger partial charge in [-0.25, -0.2) is 0 Å². The monoisotopic (exact) mass is 281 g/mol. The van der Waals surface area contributed by atoms with E-state index in [2.05, 4.69) is 5.32 Å². The number of anilines is 1. The summed E-state index contributed by atoms with van der Waals surface area (Å²) in [6, 6.07) is 9.87. The van der Waals surface area contributed by atoms with Crippen molar-refractivity contribution in [3.05, 3.63) is 58.7 Å². The Kier molecular flexibility index (Phi) is 3.01. The highest BCUT2D eigenvalue weighted by molar-refractivity contribution is 6.31. The molecule has 0 atom stereocenters. The Balaban J connectivity index is 2.26. The second kappa shape index (κ2) is 4.74. The summed E-state index contributed by atoms with van der Waals surface area (Å²) in [5.74, 6) is -0.708.